The summed E-state index contributed by atoms with van der Waals surface area (Å²) >= 11 is 0. The van der Waals surface area contributed by atoms with E-state index in [1.54, 1.807) is 0 Å². The molecule has 0 bridgehead atoms. The number of nitrogens with zero attached hydrogens (tertiary/aromatic N) is 1. The number of aromatic nitrogens is 1. The Kier molecular flexibility index (Phi) is 18.8. The third-order valence-electron chi connectivity index (χ3n) is 3.22. The van der Waals surface area contributed by atoms with Gasteiger partial charge in [-0.1, -0.05) is 58.1 Å². The lowest BCUT2D eigenvalue weighted by atomic mass is 10.1. The molecule has 0 unspecified atom stereocenters. The summed E-state index contributed by atoms with van der Waals surface area (Å²) in [6.07, 6.45) is 16.3. The summed E-state index contributed by atoms with van der Waals surface area (Å²) in [5.41, 5.74) is 0. The van der Waals surface area contributed by atoms with Crippen LogP contribution in [0.25, 0.3) is 0 Å². The van der Waals surface area contributed by atoms with Gasteiger partial charge in [0.25, 0.3) is 0 Å². The number of carboxylic acid groups (broad SMARTS) is 1. The molecule has 4 heteroatoms. The first-order valence-corrected chi connectivity index (χ1v) is 8.00. The Morgan fingerprint density at radius 1 is 1.00 bits per heavy atom. The molecular formula is C18H30BrNO2. The molecule has 3 nitrogen and oxygen atoms in total. The summed E-state index contributed by atoms with van der Waals surface area (Å²) in [5.74, 6) is -0.981. The zero-order valence-electron chi connectivity index (χ0n) is 13.7. The first kappa shape index (κ1) is 23.1. The molecule has 0 aliphatic rings. The molecule has 0 aliphatic carbocycles. The Morgan fingerprint density at radius 3 is 1.91 bits per heavy atom. The van der Waals surface area contributed by atoms with Crippen molar-refractivity contribution in [2.75, 3.05) is 0 Å². The van der Waals surface area contributed by atoms with Gasteiger partial charge in [0.15, 0.2) is 12.4 Å². The van der Waals surface area contributed by atoms with Crippen LogP contribution >= 0.6 is 0 Å². The largest absolute Gasteiger partial charge is 1.00 e. The van der Waals surface area contributed by atoms with Crippen LogP contribution in [0, 0.1) is 0 Å². The summed E-state index contributed by atoms with van der Waals surface area (Å²) < 4.78 is 2.27. The van der Waals surface area contributed by atoms with Gasteiger partial charge in [0.2, 0.25) is 0 Å². The van der Waals surface area contributed by atoms with Gasteiger partial charge in [-0.15, -0.1) is 0 Å². The van der Waals surface area contributed by atoms with Gasteiger partial charge in [-0.25, -0.2) is 9.36 Å². The molecule has 0 aliphatic heterocycles. The van der Waals surface area contributed by atoms with E-state index in [-0.39, 0.29) is 17.0 Å². The van der Waals surface area contributed by atoms with Gasteiger partial charge in [-0.2, -0.15) is 0 Å². The lowest BCUT2D eigenvalue weighted by Gasteiger charge is -2.00. The number of halogens is 1. The van der Waals surface area contributed by atoms with Crippen molar-refractivity contribution < 1.29 is 31.4 Å². The van der Waals surface area contributed by atoms with Gasteiger partial charge in [0.05, 0.1) is 0 Å². The van der Waals surface area contributed by atoms with Crippen LogP contribution in [0.4, 0.5) is 0 Å². The van der Waals surface area contributed by atoms with Crippen molar-refractivity contribution in [3.63, 3.8) is 0 Å². The van der Waals surface area contributed by atoms with Gasteiger partial charge in [0, 0.05) is 24.6 Å². The van der Waals surface area contributed by atoms with Crippen molar-refractivity contribution in [2.24, 2.45) is 0 Å². The predicted octanol–water partition coefficient (Wildman–Crippen LogP) is 1.38. The van der Waals surface area contributed by atoms with Crippen LogP contribution in [0.15, 0.2) is 43.2 Å². The number of unbranched alkanes of at least 4 members (excludes halogenated alkanes) is 7. The molecule has 1 aromatic rings. The van der Waals surface area contributed by atoms with Crippen molar-refractivity contribution in [3.05, 3.63) is 43.2 Å². The highest BCUT2D eigenvalue weighted by atomic mass is 79.9. The molecule has 0 fully saturated rings. The van der Waals surface area contributed by atoms with Crippen LogP contribution < -0.4 is 21.5 Å². The van der Waals surface area contributed by atoms with Crippen LogP contribution in [0.2, 0.25) is 0 Å². The molecule has 0 saturated carbocycles. The van der Waals surface area contributed by atoms with Crippen molar-refractivity contribution in [1.82, 2.24) is 0 Å². The topological polar surface area (TPSA) is 41.2 Å². The molecule has 0 spiro atoms. The smallest absolute Gasteiger partial charge is 0.327 e. The quantitative estimate of drug-likeness (QED) is 0.383. The minimum absolute atomic E-state index is 0. The van der Waals surface area contributed by atoms with Crippen LogP contribution in [0.3, 0.4) is 0 Å². The van der Waals surface area contributed by atoms with Crippen molar-refractivity contribution in [2.45, 2.75) is 64.8 Å². The Balaban J connectivity index is 0. The van der Waals surface area contributed by atoms with E-state index in [0.717, 1.165) is 6.08 Å². The number of hydrogen-bond acceptors (Lipinski definition) is 1. The summed E-state index contributed by atoms with van der Waals surface area (Å²) in [5, 5.41) is 7.60. The lowest BCUT2D eigenvalue weighted by molar-refractivity contribution is -0.697. The SMILES string of the molecule is C=CC(=O)O.CCCCCCCCCC[n+]1ccccc1.[Br-]. The average Bonchev–Trinajstić information content (AvgIpc) is 2.51. The second kappa shape index (κ2) is 17.9. The molecule has 22 heavy (non-hydrogen) atoms. The maximum atomic E-state index is 9.25. The van der Waals surface area contributed by atoms with Gasteiger partial charge in [0.1, 0.15) is 6.54 Å². The average molecular weight is 372 g/mol. The van der Waals surface area contributed by atoms with E-state index >= 15 is 0 Å². The fourth-order valence-corrected chi connectivity index (χ4v) is 2.01. The predicted molar refractivity (Wildman–Crippen MR) is 87.1 cm³/mol. The van der Waals surface area contributed by atoms with E-state index in [1.165, 1.54) is 57.9 Å². The minimum atomic E-state index is -0.981. The van der Waals surface area contributed by atoms with Crippen molar-refractivity contribution in [1.29, 1.82) is 0 Å². The minimum Gasteiger partial charge on any atom is -1.00 e. The van der Waals surface area contributed by atoms with E-state index in [0.29, 0.717) is 0 Å². The number of aliphatic carboxylic acids is 1. The summed E-state index contributed by atoms with van der Waals surface area (Å²) in [6.45, 7) is 6.41. The van der Waals surface area contributed by atoms with Gasteiger partial charge >= 0.3 is 5.97 Å². The highest BCUT2D eigenvalue weighted by molar-refractivity contribution is 5.78. The van der Waals surface area contributed by atoms with Crippen LogP contribution in [0.5, 0.6) is 0 Å². The zero-order valence-corrected chi connectivity index (χ0v) is 15.3. The second-order valence-corrected chi connectivity index (χ2v) is 5.13. The lowest BCUT2D eigenvalue weighted by Crippen LogP contribution is -3.00. The van der Waals surface area contributed by atoms with E-state index < -0.39 is 5.97 Å². The molecule has 0 atom stereocenters. The van der Waals surface area contributed by atoms with Crippen molar-refractivity contribution >= 4 is 5.97 Å². The fraction of sp³-hybridized carbons (Fsp3) is 0.556. The molecule has 0 radical (unpaired) electrons. The Hall–Kier alpha value is -1.16. The van der Waals surface area contributed by atoms with E-state index in [9.17, 15) is 4.79 Å². The molecular weight excluding hydrogens is 342 g/mol. The maximum absolute atomic E-state index is 9.25. The standard InChI is InChI=1S/C15H26N.C3H4O2.BrH/c1-2-3-4-5-6-7-8-10-13-16-14-11-9-12-15-16;1-2-3(4)5;/h9,11-12,14-15H,2-8,10,13H2,1H3;2H,1H2,(H,4,5);1H/q+1;;/p-1. The molecule has 1 aromatic heterocycles. The first-order valence-electron chi connectivity index (χ1n) is 8.00. The number of aryl methyl sites for hydroxylation is 1. The monoisotopic (exact) mass is 371 g/mol. The highest BCUT2D eigenvalue weighted by Gasteiger charge is 1.97. The number of carboxylic acids is 1. The van der Waals surface area contributed by atoms with Gasteiger partial charge < -0.3 is 22.1 Å². The molecule has 0 saturated heterocycles. The van der Waals surface area contributed by atoms with E-state index in [4.69, 9.17) is 5.11 Å². The summed E-state index contributed by atoms with van der Waals surface area (Å²) in [6, 6.07) is 6.28. The van der Waals surface area contributed by atoms with Gasteiger partial charge in [-0.3, -0.25) is 0 Å². The number of hydrogen-bond donors (Lipinski definition) is 1. The first-order chi connectivity index (χ1) is 10.2. The Labute approximate surface area is 145 Å². The third-order valence-corrected chi connectivity index (χ3v) is 3.22. The number of carbonyl (C=O) groups is 1. The second-order valence-electron chi connectivity index (χ2n) is 5.13. The number of rotatable bonds is 10. The molecule has 1 N–H and O–H groups in total. The fourth-order valence-electron chi connectivity index (χ4n) is 2.01. The number of pyridine rings is 1. The summed E-state index contributed by atoms with van der Waals surface area (Å²) in [4.78, 5) is 9.25. The van der Waals surface area contributed by atoms with Crippen molar-refractivity contribution in [3.8, 4) is 0 Å². The van der Waals surface area contributed by atoms with Crippen LogP contribution in [-0.4, -0.2) is 11.1 Å². The van der Waals surface area contributed by atoms with E-state index in [2.05, 4.69) is 48.7 Å². The Morgan fingerprint density at radius 2 is 1.45 bits per heavy atom. The van der Waals surface area contributed by atoms with E-state index in [1.807, 2.05) is 0 Å². The van der Waals surface area contributed by atoms with Gasteiger partial charge in [-0.05, 0) is 6.42 Å². The van der Waals surface area contributed by atoms with Crippen LogP contribution in [-0.2, 0) is 11.3 Å². The molecule has 0 aromatic carbocycles. The maximum Gasteiger partial charge on any atom is 0.327 e. The zero-order chi connectivity index (χ0) is 15.8. The molecule has 0 amide bonds. The third kappa shape index (κ3) is 16.9. The molecule has 1 rings (SSSR count). The van der Waals surface area contributed by atoms with Crippen LogP contribution in [0.1, 0.15) is 58.3 Å². The summed E-state index contributed by atoms with van der Waals surface area (Å²) in [7, 11) is 0. The normalized spacial score (nSPS) is 9.14. The Bertz CT molecular complexity index is 369. The highest BCUT2D eigenvalue weighted by Crippen LogP contribution is 2.08. The molecule has 126 valence electrons. The molecule has 1 heterocycles.